The Kier molecular flexibility index (Phi) is 3.98. The van der Waals surface area contributed by atoms with Crippen LogP contribution in [0.15, 0.2) is 47.0 Å². The van der Waals surface area contributed by atoms with E-state index in [4.69, 9.17) is 5.26 Å². The van der Waals surface area contributed by atoms with E-state index in [1.54, 1.807) is 0 Å². The molecule has 0 N–H and O–H groups in total. The van der Waals surface area contributed by atoms with Crippen molar-refractivity contribution in [1.82, 2.24) is 9.80 Å². The van der Waals surface area contributed by atoms with Crippen LogP contribution in [0.5, 0.6) is 0 Å². The Morgan fingerprint density at radius 3 is 2.42 bits per heavy atom. The van der Waals surface area contributed by atoms with Crippen molar-refractivity contribution in [2.45, 2.75) is 19.4 Å². The third-order valence-corrected chi connectivity index (χ3v) is 3.94. The topological polar surface area (TPSA) is 42.6 Å². The molecular formula is C16H10F6N4. The minimum absolute atomic E-state index is 0.0179. The second-order valence-corrected chi connectivity index (χ2v) is 5.63. The van der Waals surface area contributed by atoms with E-state index in [1.807, 2.05) is 0 Å². The summed E-state index contributed by atoms with van der Waals surface area (Å²) in [5, 5.41) is 9.06. The molecule has 3 rings (SSSR count). The SMILES string of the molecule is Cc1ccc(C2=NC3=C(C#N)N(C(F)(F)F)CN3C=C2)cc1C(F)(F)F. The Labute approximate surface area is 143 Å². The highest BCUT2D eigenvalue weighted by molar-refractivity contribution is 6.09. The highest BCUT2D eigenvalue weighted by atomic mass is 19.4. The smallest absolute Gasteiger partial charge is 0.312 e. The van der Waals surface area contributed by atoms with Gasteiger partial charge in [0.25, 0.3) is 0 Å². The van der Waals surface area contributed by atoms with E-state index in [2.05, 4.69) is 4.99 Å². The Hall–Kier alpha value is -2.96. The summed E-state index contributed by atoms with van der Waals surface area (Å²) in [5.74, 6) is -0.253. The summed E-state index contributed by atoms with van der Waals surface area (Å²) in [6, 6.07) is 5.00. The zero-order chi connectivity index (χ0) is 19.3. The van der Waals surface area contributed by atoms with Crippen LogP contribution < -0.4 is 0 Å². The number of nitriles is 1. The van der Waals surface area contributed by atoms with Crippen LogP contribution in [0.4, 0.5) is 26.3 Å². The number of rotatable bonds is 1. The fraction of sp³-hybridized carbons (Fsp3) is 0.250. The molecule has 0 aliphatic carbocycles. The third kappa shape index (κ3) is 3.00. The molecule has 136 valence electrons. The van der Waals surface area contributed by atoms with E-state index in [1.165, 1.54) is 37.4 Å². The molecule has 0 saturated heterocycles. The molecule has 4 nitrogen and oxygen atoms in total. The first-order chi connectivity index (χ1) is 12.0. The molecule has 0 atom stereocenters. The molecule has 2 aliphatic rings. The zero-order valence-electron chi connectivity index (χ0n) is 13.2. The van der Waals surface area contributed by atoms with Gasteiger partial charge in [-0.3, -0.25) is 4.90 Å². The summed E-state index contributed by atoms with van der Waals surface area (Å²) in [6.07, 6.45) is -6.77. The fourth-order valence-corrected chi connectivity index (χ4v) is 2.66. The molecule has 0 amide bonds. The molecule has 0 aromatic heterocycles. The Balaban J connectivity index is 2.07. The Bertz CT molecular complexity index is 885. The molecule has 1 aromatic carbocycles. The monoisotopic (exact) mass is 372 g/mol. The highest BCUT2D eigenvalue weighted by Gasteiger charge is 2.46. The van der Waals surface area contributed by atoms with Crippen LogP contribution in [-0.2, 0) is 6.18 Å². The molecule has 0 fully saturated rings. The van der Waals surface area contributed by atoms with E-state index in [-0.39, 0.29) is 27.6 Å². The highest BCUT2D eigenvalue weighted by Crippen LogP contribution is 2.37. The summed E-state index contributed by atoms with van der Waals surface area (Å²) >= 11 is 0. The first kappa shape index (κ1) is 17.8. The van der Waals surface area contributed by atoms with Gasteiger partial charge in [0.15, 0.2) is 11.5 Å². The van der Waals surface area contributed by atoms with Crippen molar-refractivity contribution in [3.05, 3.63) is 58.7 Å². The van der Waals surface area contributed by atoms with E-state index >= 15 is 0 Å². The van der Waals surface area contributed by atoms with Gasteiger partial charge in [-0.25, -0.2) is 4.99 Å². The van der Waals surface area contributed by atoms with Gasteiger partial charge in [0.2, 0.25) is 0 Å². The number of aryl methyl sites for hydroxylation is 1. The third-order valence-electron chi connectivity index (χ3n) is 3.94. The average molecular weight is 372 g/mol. The second-order valence-electron chi connectivity index (χ2n) is 5.63. The molecule has 26 heavy (non-hydrogen) atoms. The van der Waals surface area contributed by atoms with Gasteiger partial charge in [-0.2, -0.15) is 18.4 Å². The number of hydrogen-bond donors (Lipinski definition) is 0. The van der Waals surface area contributed by atoms with Crippen LogP contribution in [-0.4, -0.2) is 28.5 Å². The van der Waals surface area contributed by atoms with E-state index < -0.39 is 30.4 Å². The van der Waals surface area contributed by atoms with Crippen molar-refractivity contribution in [3.63, 3.8) is 0 Å². The van der Waals surface area contributed by atoms with Crippen molar-refractivity contribution in [1.29, 1.82) is 5.26 Å². The summed E-state index contributed by atoms with van der Waals surface area (Å²) in [4.78, 5) is 5.02. The molecule has 0 bridgehead atoms. The summed E-state index contributed by atoms with van der Waals surface area (Å²) in [5.41, 5.74) is -1.41. The maximum Gasteiger partial charge on any atom is 0.487 e. The maximum atomic E-state index is 13.1. The van der Waals surface area contributed by atoms with Crippen molar-refractivity contribution in [2.24, 2.45) is 4.99 Å². The van der Waals surface area contributed by atoms with E-state index in [9.17, 15) is 26.3 Å². The molecule has 0 spiro atoms. The predicted molar refractivity (Wildman–Crippen MR) is 79.1 cm³/mol. The average Bonchev–Trinajstić information content (AvgIpc) is 2.92. The molecule has 1 aromatic rings. The van der Waals surface area contributed by atoms with Crippen LogP contribution in [0.1, 0.15) is 16.7 Å². The normalized spacial score (nSPS) is 17.4. The lowest BCUT2D eigenvalue weighted by Crippen LogP contribution is -2.37. The first-order valence-corrected chi connectivity index (χ1v) is 7.23. The largest absolute Gasteiger partial charge is 0.487 e. The number of nitrogens with zero attached hydrogens (tertiary/aromatic N) is 4. The lowest BCUT2D eigenvalue weighted by molar-refractivity contribution is -0.232. The summed E-state index contributed by atoms with van der Waals surface area (Å²) in [7, 11) is 0. The van der Waals surface area contributed by atoms with Gasteiger partial charge in [-0.05, 0) is 24.6 Å². The van der Waals surface area contributed by atoms with Crippen LogP contribution in [0.25, 0.3) is 0 Å². The number of alkyl halides is 6. The van der Waals surface area contributed by atoms with E-state index in [0.717, 1.165) is 11.0 Å². The Morgan fingerprint density at radius 1 is 1.15 bits per heavy atom. The van der Waals surface area contributed by atoms with Crippen LogP contribution in [0.2, 0.25) is 0 Å². The maximum absolute atomic E-state index is 13.1. The molecule has 0 radical (unpaired) electrons. The van der Waals surface area contributed by atoms with Gasteiger partial charge >= 0.3 is 12.5 Å². The van der Waals surface area contributed by atoms with Gasteiger partial charge in [0.1, 0.15) is 12.7 Å². The number of allylic oxidation sites excluding steroid dienone is 2. The lowest BCUT2D eigenvalue weighted by Gasteiger charge is -2.23. The van der Waals surface area contributed by atoms with Crippen molar-refractivity contribution in [3.8, 4) is 6.07 Å². The molecular weight excluding hydrogens is 362 g/mol. The van der Waals surface area contributed by atoms with Crippen molar-refractivity contribution < 1.29 is 26.3 Å². The standard InChI is InChI=1S/C16H10F6N4/c1-9-2-3-10(6-11(9)15(17,18)19)12-4-5-25-8-26(16(20,21)22)13(7-23)14(25)24-12/h2-6H,8H2,1H3. The number of benzene rings is 1. The molecule has 10 heteroatoms. The van der Waals surface area contributed by atoms with Crippen molar-refractivity contribution in [2.75, 3.05) is 6.67 Å². The Morgan fingerprint density at radius 2 is 1.85 bits per heavy atom. The van der Waals surface area contributed by atoms with Gasteiger partial charge in [0, 0.05) is 11.8 Å². The van der Waals surface area contributed by atoms with Gasteiger partial charge < -0.3 is 4.90 Å². The number of aliphatic imine (C=N–C) groups is 1. The predicted octanol–water partition coefficient (Wildman–Crippen LogP) is 4.12. The molecule has 2 heterocycles. The number of fused-ring (bicyclic) bond motifs is 1. The minimum atomic E-state index is -4.77. The van der Waals surface area contributed by atoms with E-state index in [0.29, 0.717) is 0 Å². The van der Waals surface area contributed by atoms with Crippen LogP contribution in [0, 0.1) is 18.3 Å². The zero-order valence-corrected chi connectivity index (χ0v) is 13.2. The summed E-state index contributed by atoms with van der Waals surface area (Å²) in [6.45, 7) is 0.665. The lowest BCUT2D eigenvalue weighted by atomic mass is 10.0. The first-order valence-electron chi connectivity index (χ1n) is 7.23. The van der Waals surface area contributed by atoms with Crippen LogP contribution >= 0.6 is 0 Å². The fourth-order valence-electron chi connectivity index (χ4n) is 2.66. The van der Waals surface area contributed by atoms with Gasteiger partial charge in [0.05, 0.1) is 11.3 Å². The molecule has 0 unspecified atom stereocenters. The molecule has 0 saturated carbocycles. The van der Waals surface area contributed by atoms with Gasteiger partial charge in [-0.1, -0.05) is 12.1 Å². The van der Waals surface area contributed by atoms with Crippen molar-refractivity contribution >= 4 is 5.71 Å². The summed E-state index contributed by atoms with van der Waals surface area (Å²) < 4.78 is 78.2. The minimum Gasteiger partial charge on any atom is -0.312 e. The quantitative estimate of drug-likeness (QED) is 0.550. The van der Waals surface area contributed by atoms with Gasteiger partial charge in [-0.15, -0.1) is 13.2 Å². The molecule has 2 aliphatic heterocycles. The van der Waals surface area contributed by atoms with Crippen LogP contribution in [0.3, 0.4) is 0 Å². The second kappa shape index (κ2) is 5.79. The number of hydrogen-bond acceptors (Lipinski definition) is 4. The number of halogens is 6.